The van der Waals surface area contributed by atoms with Gasteiger partial charge in [-0.3, -0.25) is 29.4 Å². The fourth-order valence-corrected chi connectivity index (χ4v) is 5.66. The summed E-state index contributed by atoms with van der Waals surface area (Å²) in [5.41, 5.74) is 6.02. The van der Waals surface area contributed by atoms with Crippen molar-refractivity contribution in [3.8, 4) is 0 Å². The van der Waals surface area contributed by atoms with Crippen LogP contribution in [0.5, 0.6) is 0 Å². The average molecular weight is 467 g/mol. The Hall–Kier alpha value is -3.23. The van der Waals surface area contributed by atoms with E-state index < -0.39 is 41.1 Å². The van der Waals surface area contributed by atoms with Gasteiger partial charge in [0.1, 0.15) is 5.54 Å². The van der Waals surface area contributed by atoms with Crippen LogP contribution in [0.4, 0.5) is 5.69 Å². The summed E-state index contributed by atoms with van der Waals surface area (Å²) in [6.07, 6.45) is 0.790. The number of nitrogens with one attached hydrogen (secondary N) is 2. The Labute approximate surface area is 195 Å². The minimum absolute atomic E-state index is 0.0342. The molecule has 1 spiro atoms. The Bertz CT molecular complexity index is 1170. The maximum absolute atomic E-state index is 13.7. The van der Waals surface area contributed by atoms with Gasteiger partial charge in [-0.25, -0.2) is 0 Å². The molecule has 0 bridgehead atoms. The van der Waals surface area contributed by atoms with Crippen LogP contribution in [0.1, 0.15) is 24.0 Å². The molecule has 3 heterocycles. The van der Waals surface area contributed by atoms with Gasteiger partial charge in [0.15, 0.2) is 0 Å². The summed E-state index contributed by atoms with van der Waals surface area (Å²) < 4.78 is 0. The SMILES string of the molecule is NC(=O)CCC1NC2(C(=O)Nc3ccc(Cl)cc32)C2C(=O)N(CCc3ccccc3)C(=O)C12. The molecule has 2 aromatic carbocycles. The molecule has 0 radical (unpaired) electrons. The quantitative estimate of drug-likeness (QED) is 0.558. The second-order valence-corrected chi connectivity index (χ2v) is 9.21. The lowest BCUT2D eigenvalue weighted by Crippen LogP contribution is -2.53. The van der Waals surface area contributed by atoms with Crippen LogP contribution in [0, 0.1) is 11.8 Å². The normalized spacial score (nSPS) is 27.7. The number of imide groups is 1. The van der Waals surface area contributed by atoms with Crippen LogP contribution in [0.25, 0.3) is 0 Å². The van der Waals surface area contributed by atoms with Gasteiger partial charge >= 0.3 is 0 Å². The van der Waals surface area contributed by atoms with Gasteiger partial charge in [-0.05, 0) is 36.6 Å². The molecule has 3 aliphatic rings. The van der Waals surface area contributed by atoms with Gasteiger partial charge in [0.25, 0.3) is 0 Å². The molecule has 2 fully saturated rings. The molecular formula is C24H23ClN4O4. The van der Waals surface area contributed by atoms with Crippen molar-refractivity contribution in [2.75, 3.05) is 11.9 Å². The van der Waals surface area contributed by atoms with E-state index in [2.05, 4.69) is 10.6 Å². The monoisotopic (exact) mass is 466 g/mol. The highest BCUT2D eigenvalue weighted by Gasteiger charge is 2.70. The number of anilines is 1. The lowest BCUT2D eigenvalue weighted by atomic mass is 9.76. The minimum Gasteiger partial charge on any atom is -0.370 e. The fourth-order valence-electron chi connectivity index (χ4n) is 5.49. The molecule has 4 unspecified atom stereocenters. The first-order valence-electron chi connectivity index (χ1n) is 10.9. The van der Waals surface area contributed by atoms with Crippen molar-refractivity contribution in [1.82, 2.24) is 10.2 Å². The number of carbonyl (C=O) groups excluding carboxylic acids is 4. The zero-order chi connectivity index (χ0) is 23.3. The van der Waals surface area contributed by atoms with E-state index in [4.69, 9.17) is 17.3 Å². The maximum Gasteiger partial charge on any atom is 0.250 e. The molecule has 4 amide bonds. The van der Waals surface area contributed by atoms with Gasteiger partial charge in [0.05, 0.1) is 11.8 Å². The largest absolute Gasteiger partial charge is 0.370 e. The number of hydrogen-bond acceptors (Lipinski definition) is 5. The number of carbonyl (C=O) groups is 4. The van der Waals surface area contributed by atoms with Gasteiger partial charge in [0, 0.05) is 35.3 Å². The Kier molecular flexibility index (Phi) is 5.22. The number of hydrogen-bond donors (Lipinski definition) is 3. The van der Waals surface area contributed by atoms with E-state index in [0.29, 0.717) is 22.7 Å². The summed E-state index contributed by atoms with van der Waals surface area (Å²) in [5, 5.41) is 6.51. The first-order chi connectivity index (χ1) is 15.8. The van der Waals surface area contributed by atoms with Crippen molar-refractivity contribution < 1.29 is 19.2 Å². The molecule has 0 saturated carbocycles. The number of nitrogens with zero attached hydrogens (tertiary/aromatic N) is 1. The predicted octanol–water partition coefficient (Wildman–Crippen LogP) is 1.57. The van der Waals surface area contributed by atoms with Crippen LogP contribution in [-0.2, 0) is 31.1 Å². The van der Waals surface area contributed by atoms with Gasteiger partial charge < -0.3 is 11.1 Å². The molecule has 0 aliphatic carbocycles. The highest BCUT2D eigenvalue weighted by Crippen LogP contribution is 2.53. The fraction of sp³-hybridized carbons (Fsp3) is 0.333. The van der Waals surface area contributed by atoms with Gasteiger partial charge in [-0.15, -0.1) is 0 Å². The van der Waals surface area contributed by atoms with Crippen LogP contribution in [0.3, 0.4) is 0 Å². The van der Waals surface area contributed by atoms with Crippen molar-refractivity contribution >= 4 is 40.9 Å². The number of primary amides is 1. The first-order valence-corrected chi connectivity index (χ1v) is 11.3. The summed E-state index contributed by atoms with van der Waals surface area (Å²) in [7, 11) is 0. The third-order valence-corrected chi connectivity index (χ3v) is 7.17. The third-order valence-electron chi connectivity index (χ3n) is 6.94. The van der Waals surface area contributed by atoms with Crippen LogP contribution in [-0.4, -0.2) is 41.1 Å². The molecule has 8 nitrogen and oxygen atoms in total. The second-order valence-electron chi connectivity index (χ2n) is 8.78. The van der Waals surface area contributed by atoms with Crippen molar-refractivity contribution in [2.24, 2.45) is 17.6 Å². The molecule has 2 saturated heterocycles. The predicted molar refractivity (Wildman–Crippen MR) is 121 cm³/mol. The van der Waals surface area contributed by atoms with E-state index in [9.17, 15) is 19.2 Å². The zero-order valence-corrected chi connectivity index (χ0v) is 18.5. The van der Waals surface area contributed by atoms with E-state index in [-0.39, 0.29) is 25.3 Å². The third kappa shape index (κ3) is 3.32. The van der Waals surface area contributed by atoms with Gasteiger partial charge in [0.2, 0.25) is 23.6 Å². The number of benzene rings is 2. The molecule has 2 aromatic rings. The Morgan fingerprint density at radius 2 is 1.85 bits per heavy atom. The summed E-state index contributed by atoms with van der Waals surface area (Å²) in [6, 6.07) is 14.0. The lowest BCUT2D eigenvalue weighted by molar-refractivity contribution is -0.142. The Morgan fingerprint density at radius 3 is 2.58 bits per heavy atom. The van der Waals surface area contributed by atoms with Crippen molar-refractivity contribution in [3.05, 3.63) is 64.7 Å². The summed E-state index contributed by atoms with van der Waals surface area (Å²) in [5.74, 6) is -3.34. The molecule has 170 valence electrons. The Balaban J connectivity index is 1.53. The minimum atomic E-state index is -1.43. The van der Waals surface area contributed by atoms with Crippen LogP contribution in [0.2, 0.25) is 5.02 Å². The highest BCUT2D eigenvalue weighted by molar-refractivity contribution is 6.31. The van der Waals surface area contributed by atoms with E-state index >= 15 is 0 Å². The number of nitrogens with two attached hydrogens (primary N) is 1. The molecule has 3 aliphatic heterocycles. The van der Waals surface area contributed by atoms with Gasteiger partial charge in [-0.1, -0.05) is 41.9 Å². The van der Waals surface area contributed by atoms with Crippen molar-refractivity contribution in [1.29, 1.82) is 0 Å². The zero-order valence-electron chi connectivity index (χ0n) is 17.7. The summed E-state index contributed by atoms with van der Waals surface area (Å²) >= 11 is 6.24. The molecule has 0 aromatic heterocycles. The number of likely N-dealkylation sites (tertiary alicyclic amines) is 1. The van der Waals surface area contributed by atoms with Crippen LogP contribution < -0.4 is 16.4 Å². The second kappa shape index (κ2) is 7.97. The van der Waals surface area contributed by atoms with E-state index in [1.165, 1.54) is 4.90 Å². The molecular weight excluding hydrogens is 444 g/mol. The summed E-state index contributed by atoms with van der Waals surface area (Å²) in [6.45, 7) is 0.220. The first kappa shape index (κ1) is 21.6. The topological polar surface area (TPSA) is 122 Å². The number of amides is 4. The standard InChI is InChI=1S/C24H23ClN4O4/c25-14-6-7-16-15(12-14)24(23(33)27-16)20-19(17(28-24)8-9-18(26)30)21(31)29(22(20)32)11-10-13-4-2-1-3-5-13/h1-7,12,17,19-20,28H,8-11H2,(H2,26,30)(H,27,33). The van der Waals surface area contributed by atoms with Crippen molar-refractivity contribution in [2.45, 2.75) is 30.8 Å². The molecule has 9 heteroatoms. The number of fused-ring (bicyclic) bond motifs is 4. The highest BCUT2D eigenvalue weighted by atomic mass is 35.5. The maximum atomic E-state index is 13.7. The molecule has 4 atom stereocenters. The van der Waals surface area contributed by atoms with Crippen LogP contribution in [0.15, 0.2) is 48.5 Å². The molecule has 5 rings (SSSR count). The summed E-state index contributed by atoms with van der Waals surface area (Å²) in [4.78, 5) is 53.2. The van der Waals surface area contributed by atoms with Crippen molar-refractivity contribution in [3.63, 3.8) is 0 Å². The van der Waals surface area contributed by atoms with E-state index in [1.807, 2.05) is 30.3 Å². The number of rotatable bonds is 6. The molecule has 33 heavy (non-hydrogen) atoms. The smallest absolute Gasteiger partial charge is 0.250 e. The van der Waals surface area contributed by atoms with E-state index in [1.54, 1.807) is 18.2 Å². The number of halogens is 1. The molecule has 4 N–H and O–H groups in total. The lowest BCUT2D eigenvalue weighted by Gasteiger charge is -2.29. The Morgan fingerprint density at radius 1 is 1.09 bits per heavy atom. The van der Waals surface area contributed by atoms with Crippen LogP contribution >= 0.6 is 11.6 Å². The van der Waals surface area contributed by atoms with E-state index in [0.717, 1.165) is 5.56 Å². The van der Waals surface area contributed by atoms with Gasteiger partial charge in [-0.2, -0.15) is 0 Å². The average Bonchev–Trinajstić information content (AvgIpc) is 3.37.